The van der Waals surface area contributed by atoms with Crippen LogP contribution in [0.5, 0.6) is 0 Å². The Labute approximate surface area is 222 Å². The van der Waals surface area contributed by atoms with Gasteiger partial charge in [0.05, 0.1) is 17.7 Å². The van der Waals surface area contributed by atoms with Crippen molar-refractivity contribution in [1.82, 2.24) is 19.4 Å². The molecule has 4 heterocycles. The Balaban J connectivity index is 1.32. The summed E-state index contributed by atoms with van der Waals surface area (Å²) in [6.07, 6.45) is 4.64. The Morgan fingerprint density at radius 1 is 1.16 bits per heavy atom. The minimum atomic E-state index is -0.427. The highest BCUT2D eigenvalue weighted by molar-refractivity contribution is 5.87. The van der Waals surface area contributed by atoms with Crippen LogP contribution >= 0.6 is 0 Å². The minimum Gasteiger partial charge on any atom is -0.381 e. The topological polar surface area (TPSA) is 98.6 Å². The van der Waals surface area contributed by atoms with Crippen molar-refractivity contribution in [3.05, 3.63) is 76.7 Å². The van der Waals surface area contributed by atoms with Crippen LogP contribution in [-0.2, 0) is 19.9 Å². The summed E-state index contributed by atoms with van der Waals surface area (Å²) in [7, 11) is 0. The molecule has 9 heteroatoms. The van der Waals surface area contributed by atoms with E-state index in [1.54, 1.807) is 27.8 Å². The molecule has 1 aromatic carbocycles. The van der Waals surface area contributed by atoms with Crippen LogP contribution in [0.25, 0.3) is 11.0 Å². The van der Waals surface area contributed by atoms with Crippen molar-refractivity contribution in [2.45, 2.75) is 57.4 Å². The van der Waals surface area contributed by atoms with E-state index >= 15 is 0 Å². The number of nitrogens with one attached hydrogen (secondary N) is 1. The maximum absolute atomic E-state index is 12.4. The molecule has 2 aliphatic rings. The summed E-state index contributed by atoms with van der Waals surface area (Å²) in [6.45, 7) is 12.0. The van der Waals surface area contributed by atoms with Crippen molar-refractivity contribution >= 4 is 22.9 Å². The molecule has 0 unspecified atom stereocenters. The highest BCUT2D eigenvalue weighted by atomic mass is 16.5. The van der Waals surface area contributed by atoms with Crippen LogP contribution in [0.1, 0.15) is 56.8 Å². The average molecular weight is 518 g/mol. The zero-order chi connectivity index (χ0) is 26.9. The fourth-order valence-corrected chi connectivity index (χ4v) is 5.28. The third-order valence-corrected chi connectivity index (χ3v) is 7.49. The zero-order valence-electron chi connectivity index (χ0n) is 22.2. The van der Waals surface area contributed by atoms with Gasteiger partial charge < -0.3 is 19.7 Å². The fourth-order valence-electron chi connectivity index (χ4n) is 5.28. The molecule has 38 heavy (non-hydrogen) atoms. The number of anilines is 1. The molecular formula is C29H35N5O4. The van der Waals surface area contributed by atoms with Crippen molar-refractivity contribution < 1.29 is 14.3 Å². The molecule has 9 nitrogen and oxygen atoms in total. The second-order valence-electron chi connectivity index (χ2n) is 10.4. The number of benzene rings is 1. The summed E-state index contributed by atoms with van der Waals surface area (Å²) < 4.78 is 14.0. The number of carbonyl (C=O) groups excluding carboxylic acids is 1. The molecule has 2 fully saturated rings. The van der Waals surface area contributed by atoms with Crippen molar-refractivity contribution in [2.24, 2.45) is 0 Å². The molecule has 1 atom stereocenters. The van der Waals surface area contributed by atoms with Crippen LogP contribution in [0.2, 0.25) is 0 Å². The van der Waals surface area contributed by atoms with Crippen LogP contribution < -0.4 is 10.9 Å². The molecule has 0 saturated carbocycles. The number of hydrogen-bond acceptors (Lipinski definition) is 7. The molecule has 5 rings (SSSR count). The van der Waals surface area contributed by atoms with Gasteiger partial charge in [-0.25, -0.2) is 4.98 Å². The molecule has 2 aromatic heterocycles. The van der Waals surface area contributed by atoms with E-state index in [9.17, 15) is 9.59 Å². The van der Waals surface area contributed by atoms with Crippen LogP contribution in [0.15, 0.2) is 60.0 Å². The van der Waals surface area contributed by atoms with E-state index in [-0.39, 0.29) is 29.7 Å². The van der Waals surface area contributed by atoms with E-state index < -0.39 is 5.60 Å². The third-order valence-electron chi connectivity index (χ3n) is 7.49. The standard InChI is InChI=1S/C29H35N5O4/c1-5-25(35)33-17-24(18-33)38-29(12-14-37-15-13-29)23-9-6-21(7-10-23)20(4)31-28-30-16-22-8-11-26(36)34(19(2)3)27(22)32-28/h5-11,16,19-20,24H,1,12-15,17-18H2,2-4H3,(H,30,31,32)/t20-/m0/s1. The number of carbonyl (C=O) groups is 1. The minimum absolute atomic E-state index is 0.00514. The molecule has 0 spiro atoms. The fraction of sp³-hybridized carbons (Fsp3) is 0.448. The first kappa shape index (κ1) is 26.1. The van der Waals surface area contributed by atoms with Crippen molar-refractivity contribution in [3.63, 3.8) is 0 Å². The number of amides is 1. The summed E-state index contributed by atoms with van der Waals surface area (Å²) in [5, 5.41) is 4.21. The molecule has 200 valence electrons. The molecular weight excluding hydrogens is 482 g/mol. The summed E-state index contributed by atoms with van der Waals surface area (Å²) in [4.78, 5) is 35.1. The Bertz CT molecular complexity index is 1370. The molecule has 2 saturated heterocycles. The highest BCUT2D eigenvalue weighted by Gasteiger charge is 2.41. The number of fused-ring (bicyclic) bond motifs is 1. The second-order valence-corrected chi connectivity index (χ2v) is 10.4. The van der Waals surface area contributed by atoms with Gasteiger partial charge in [-0.05, 0) is 44.0 Å². The summed E-state index contributed by atoms with van der Waals surface area (Å²) in [6, 6.07) is 11.7. The smallest absolute Gasteiger partial charge is 0.252 e. The van der Waals surface area contributed by atoms with Crippen LogP contribution in [0.3, 0.4) is 0 Å². The van der Waals surface area contributed by atoms with Gasteiger partial charge in [0.1, 0.15) is 5.65 Å². The summed E-state index contributed by atoms with van der Waals surface area (Å²) in [5.41, 5.74) is 2.32. The van der Waals surface area contributed by atoms with Gasteiger partial charge in [-0.2, -0.15) is 4.98 Å². The van der Waals surface area contributed by atoms with Crippen LogP contribution in [0, 0.1) is 0 Å². The number of nitrogens with zero attached hydrogens (tertiary/aromatic N) is 4. The van der Waals surface area contributed by atoms with Crippen LogP contribution in [0.4, 0.5) is 5.95 Å². The van der Waals surface area contributed by atoms with Gasteiger partial charge in [-0.15, -0.1) is 0 Å². The number of likely N-dealkylation sites (tertiary alicyclic amines) is 1. The van der Waals surface area contributed by atoms with E-state index in [2.05, 4.69) is 53.1 Å². The van der Waals surface area contributed by atoms with Gasteiger partial charge in [0, 0.05) is 62.8 Å². The number of aromatic nitrogens is 3. The summed E-state index contributed by atoms with van der Waals surface area (Å²) in [5.74, 6) is 0.418. The lowest BCUT2D eigenvalue weighted by molar-refractivity contribution is -0.187. The largest absolute Gasteiger partial charge is 0.381 e. The Morgan fingerprint density at radius 2 is 1.87 bits per heavy atom. The second kappa shape index (κ2) is 10.7. The van der Waals surface area contributed by atoms with Gasteiger partial charge >= 0.3 is 0 Å². The molecule has 0 radical (unpaired) electrons. The number of pyridine rings is 1. The third kappa shape index (κ3) is 5.08. The van der Waals surface area contributed by atoms with Gasteiger partial charge in [-0.1, -0.05) is 30.8 Å². The Hall–Kier alpha value is -3.56. The van der Waals surface area contributed by atoms with E-state index in [0.717, 1.165) is 29.4 Å². The molecule has 3 aromatic rings. The normalized spacial score (nSPS) is 18.3. The first-order valence-corrected chi connectivity index (χ1v) is 13.2. The SMILES string of the molecule is C=CC(=O)N1CC(OC2(c3ccc([C@H](C)Nc4ncc5ccc(=O)n(C(C)C)c5n4)cc3)CCOCC2)C1. The van der Waals surface area contributed by atoms with E-state index in [1.165, 1.54) is 6.08 Å². The maximum atomic E-state index is 12.4. The van der Waals surface area contributed by atoms with Gasteiger partial charge in [0.15, 0.2) is 0 Å². The van der Waals surface area contributed by atoms with Gasteiger partial charge in [0.2, 0.25) is 11.9 Å². The first-order chi connectivity index (χ1) is 18.3. The predicted octanol–water partition coefficient (Wildman–Crippen LogP) is 3.96. The maximum Gasteiger partial charge on any atom is 0.252 e. The number of rotatable bonds is 8. The monoisotopic (exact) mass is 517 g/mol. The molecule has 0 bridgehead atoms. The molecule has 1 amide bonds. The Kier molecular flexibility index (Phi) is 7.32. The summed E-state index contributed by atoms with van der Waals surface area (Å²) >= 11 is 0. The molecule has 1 N–H and O–H groups in total. The van der Waals surface area contributed by atoms with Crippen molar-refractivity contribution in [3.8, 4) is 0 Å². The first-order valence-electron chi connectivity index (χ1n) is 13.2. The Morgan fingerprint density at radius 3 is 2.53 bits per heavy atom. The van der Waals surface area contributed by atoms with Gasteiger partial charge in [0.25, 0.3) is 5.56 Å². The lowest BCUT2D eigenvalue weighted by atomic mass is 9.84. The van der Waals surface area contributed by atoms with Crippen molar-refractivity contribution in [1.29, 1.82) is 0 Å². The highest BCUT2D eigenvalue weighted by Crippen LogP contribution is 2.39. The predicted molar refractivity (Wildman–Crippen MR) is 146 cm³/mol. The van der Waals surface area contributed by atoms with Gasteiger partial charge in [-0.3, -0.25) is 14.2 Å². The van der Waals surface area contributed by atoms with E-state index in [4.69, 9.17) is 9.47 Å². The number of hydrogen-bond donors (Lipinski definition) is 1. The zero-order valence-corrected chi connectivity index (χ0v) is 22.2. The molecule has 2 aliphatic heterocycles. The van der Waals surface area contributed by atoms with E-state index in [0.29, 0.717) is 37.9 Å². The van der Waals surface area contributed by atoms with Crippen molar-refractivity contribution in [2.75, 3.05) is 31.6 Å². The van der Waals surface area contributed by atoms with Crippen LogP contribution in [-0.4, -0.2) is 57.7 Å². The lowest BCUT2D eigenvalue weighted by Crippen LogP contribution is -2.57. The quantitative estimate of drug-likeness (QED) is 0.452. The average Bonchev–Trinajstić information content (AvgIpc) is 2.90. The lowest BCUT2D eigenvalue weighted by Gasteiger charge is -2.46. The molecule has 0 aliphatic carbocycles. The number of ether oxygens (including phenoxy) is 2. The van der Waals surface area contributed by atoms with E-state index in [1.807, 2.05) is 13.8 Å².